The number of piperazine rings is 1. The number of phenols is 1. The lowest BCUT2D eigenvalue weighted by atomic mass is 9.94. The van der Waals surface area contributed by atoms with Crippen LogP contribution in [0, 0.1) is 11.6 Å². The summed E-state index contributed by atoms with van der Waals surface area (Å²) >= 11 is 0. The molecule has 2 saturated heterocycles. The predicted molar refractivity (Wildman–Crippen MR) is 163 cm³/mol. The van der Waals surface area contributed by atoms with Crippen molar-refractivity contribution in [2.24, 2.45) is 7.05 Å². The Morgan fingerprint density at radius 2 is 1.89 bits per heavy atom. The molecule has 8 rings (SSSR count). The van der Waals surface area contributed by atoms with Crippen molar-refractivity contribution in [3.8, 4) is 23.0 Å². The molecule has 0 amide bonds. The number of phenolic OH excluding ortho intramolecular Hbond substituents is 1. The number of halogens is 2. The van der Waals surface area contributed by atoms with Gasteiger partial charge in [0.2, 0.25) is 0 Å². The van der Waals surface area contributed by atoms with E-state index in [0.717, 1.165) is 42.7 Å². The quantitative estimate of drug-likeness (QED) is 0.243. The lowest BCUT2D eigenvalue weighted by Gasteiger charge is -2.34. The Morgan fingerprint density at radius 3 is 2.66 bits per heavy atom. The molecule has 2 bridgehead atoms. The average molecular weight is 597 g/mol. The molecule has 2 fully saturated rings. The maximum absolute atomic E-state index is 16.7. The van der Waals surface area contributed by atoms with Gasteiger partial charge < -0.3 is 25.0 Å². The van der Waals surface area contributed by atoms with E-state index in [1.54, 1.807) is 29.2 Å². The SMILES string of the molecule is CCc1c(F)ccc2cc(O)cc(-c3ncc4c(N5C[C@H]6CC[C@@H](C5)N6)nc(OCc5cc6c(cnn6C)[nH]5)nc4c3F)c12. The number of nitrogens with zero attached hydrogens (tertiary/aromatic N) is 6. The first-order chi connectivity index (χ1) is 21.4. The molecule has 0 aliphatic carbocycles. The molecule has 6 aromatic rings. The van der Waals surface area contributed by atoms with Crippen LogP contribution in [0.25, 0.3) is 44.0 Å². The van der Waals surface area contributed by atoms with Crippen LogP contribution < -0.4 is 15.0 Å². The molecular weight excluding hydrogens is 566 g/mol. The monoisotopic (exact) mass is 596 g/mol. The Morgan fingerprint density at radius 1 is 1.07 bits per heavy atom. The highest BCUT2D eigenvalue weighted by atomic mass is 19.1. The molecule has 6 heterocycles. The average Bonchev–Trinajstić information content (AvgIpc) is 3.70. The molecular formula is C32H30F2N8O2. The van der Waals surface area contributed by atoms with Crippen LogP contribution in [0.5, 0.6) is 11.8 Å². The van der Waals surface area contributed by atoms with Crippen LogP contribution >= 0.6 is 0 Å². The number of hydrogen-bond donors (Lipinski definition) is 3. The Labute approximate surface area is 250 Å². The molecule has 4 aromatic heterocycles. The van der Waals surface area contributed by atoms with Gasteiger partial charge in [-0.1, -0.05) is 13.0 Å². The number of anilines is 1. The highest BCUT2D eigenvalue weighted by molar-refractivity contribution is 6.01. The summed E-state index contributed by atoms with van der Waals surface area (Å²) in [5.41, 5.74) is 3.36. The number of hydrogen-bond acceptors (Lipinski definition) is 8. The van der Waals surface area contributed by atoms with E-state index < -0.39 is 11.6 Å². The molecule has 2 aromatic carbocycles. The molecule has 2 aliphatic heterocycles. The van der Waals surface area contributed by atoms with Crippen LogP contribution in [0.2, 0.25) is 0 Å². The van der Waals surface area contributed by atoms with Gasteiger partial charge in [0, 0.05) is 44.0 Å². The molecule has 12 heteroatoms. The number of pyridine rings is 1. The van der Waals surface area contributed by atoms with Crippen LogP contribution in [0.3, 0.4) is 0 Å². The molecule has 3 N–H and O–H groups in total. The lowest BCUT2D eigenvalue weighted by Crippen LogP contribution is -2.51. The normalized spacial score (nSPS) is 18.2. The number of H-pyrrole nitrogens is 1. The van der Waals surface area contributed by atoms with Gasteiger partial charge in [-0.2, -0.15) is 15.1 Å². The van der Waals surface area contributed by atoms with Gasteiger partial charge in [-0.15, -0.1) is 0 Å². The number of nitrogens with one attached hydrogen (secondary N) is 2. The zero-order chi connectivity index (χ0) is 30.1. The van der Waals surface area contributed by atoms with Gasteiger partial charge in [-0.05, 0) is 59.9 Å². The van der Waals surface area contributed by atoms with Gasteiger partial charge in [0.25, 0.3) is 0 Å². The van der Waals surface area contributed by atoms with Crippen molar-refractivity contribution >= 4 is 38.5 Å². The van der Waals surface area contributed by atoms with Gasteiger partial charge in [-0.25, -0.2) is 8.78 Å². The van der Waals surface area contributed by atoms with Gasteiger partial charge in [-0.3, -0.25) is 9.67 Å². The summed E-state index contributed by atoms with van der Waals surface area (Å²) in [6.07, 6.45) is 5.84. The summed E-state index contributed by atoms with van der Waals surface area (Å²) in [6, 6.07) is 8.53. The first-order valence-corrected chi connectivity index (χ1v) is 14.8. The van der Waals surface area contributed by atoms with E-state index in [9.17, 15) is 9.50 Å². The van der Waals surface area contributed by atoms with Crippen molar-refractivity contribution in [2.75, 3.05) is 18.0 Å². The number of ether oxygens (including phenoxy) is 1. The standard InChI is InChI=1S/C32H30F2N8O2/c1-3-21-24(33)7-4-16-8-20(43)10-22(27(16)21)29-28(34)30-23(11-35-29)31(42-13-17-5-6-18(14-42)37-17)40-32(39-30)44-15-19-9-26-25(38-19)12-36-41(26)2/h4,7-12,17-18,37-38,43H,3,5-6,13-15H2,1-2H3/t17-,18+. The third-order valence-corrected chi connectivity index (χ3v) is 8.87. The third kappa shape index (κ3) is 4.31. The van der Waals surface area contributed by atoms with Crippen molar-refractivity contribution < 1.29 is 18.6 Å². The number of aromatic hydroxyl groups is 1. The molecule has 0 spiro atoms. The largest absolute Gasteiger partial charge is 0.508 e. The zero-order valence-corrected chi connectivity index (χ0v) is 24.2. The summed E-state index contributed by atoms with van der Waals surface area (Å²) < 4.78 is 39.5. The van der Waals surface area contributed by atoms with Gasteiger partial charge in [0.05, 0.1) is 28.3 Å². The van der Waals surface area contributed by atoms with Crippen molar-refractivity contribution in [1.29, 1.82) is 0 Å². The summed E-state index contributed by atoms with van der Waals surface area (Å²) in [6.45, 7) is 3.42. The molecule has 2 atom stereocenters. The highest BCUT2D eigenvalue weighted by Gasteiger charge is 2.34. The smallest absolute Gasteiger partial charge is 0.319 e. The minimum Gasteiger partial charge on any atom is -0.508 e. The van der Waals surface area contributed by atoms with E-state index in [0.29, 0.717) is 51.6 Å². The second-order valence-corrected chi connectivity index (χ2v) is 11.7. The summed E-state index contributed by atoms with van der Waals surface area (Å²) in [4.78, 5) is 19.3. The van der Waals surface area contributed by atoms with Crippen molar-refractivity contribution in [3.05, 3.63) is 65.6 Å². The van der Waals surface area contributed by atoms with E-state index in [1.165, 1.54) is 12.1 Å². The Balaban J connectivity index is 1.28. The van der Waals surface area contributed by atoms with Crippen LogP contribution in [0.4, 0.5) is 14.6 Å². The fourth-order valence-corrected chi connectivity index (χ4v) is 6.83. The topological polar surface area (TPSA) is 117 Å². The number of aryl methyl sites for hydroxylation is 2. The van der Waals surface area contributed by atoms with Crippen LogP contribution in [0.15, 0.2) is 42.7 Å². The molecule has 2 aliphatic rings. The Hall–Kier alpha value is -4.84. The fraction of sp³-hybridized carbons (Fsp3) is 0.312. The third-order valence-electron chi connectivity index (χ3n) is 8.87. The zero-order valence-electron chi connectivity index (χ0n) is 24.2. The van der Waals surface area contributed by atoms with Crippen LogP contribution in [-0.4, -0.2) is 60.0 Å². The Kier molecular flexibility index (Phi) is 6.16. The number of aromatic nitrogens is 6. The summed E-state index contributed by atoms with van der Waals surface area (Å²) in [5, 5.41) is 20.0. The summed E-state index contributed by atoms with van der Waals surface area (Å²) in [7, 11) is 1.86. The second kappa shape index (κ2) is 10.1. The first-order valence-electron chi connectivity index (χ1n) is 14.8. The van der Waals surface area contributed by atoms with Crippen LogP contribution in [0.1, 0.15) is 31.0 Å². The van der Waals surface area contributed by atoms with E-state index in [2.05, 4.69) is 30.3 Å². The molecule has 0 unspecified atom stereocenters. The van der Waals surface area contributed by atoms with Crippen molar-refractivity contribution in [2.45, 2.75) is 44.9 Å². The fourth-order valence-electron chi connectivity index (χ4n) is 6.83. The molecule has 44 heavy (non-hydrogen) atoms. The molecule has 224 valence electrons. The van der Waals surface area contributed by atoms with Crippen molar-refractivity contribution in [3.63, 3.8) is 0 Å². The minimum absolute atomic E-state index is 0.0298. The molecule has 0 saturated carbocycles. The number of fused-ring (bicyclic) bond motifs is 5. The molecule has 0 radical (unpaired) electrons. The predicted octanol–water partition coefficient (Wildman–Crippen LogP) is 5.13. The number of aromatic amines is 1. The number of benzene rings is 2. The van der Waals surface area contributed by atoms with Crippen LogP contribution in [-0.2, 0) is 20.1 Å². The van der Waals surface area contributed by atoms with Gasteiger partial charge in [0.15, 0.2) is 5.82 Å². The highest BCUT2D eigenvalue weighted by Crippen LogP contribution is 2.39. The first kappa shape index (κ1) is 26.8. The van der Waals surface area contributed by atoms with Crippen molar-refractivity contribution in [1.82, 2.24) is 35.0 Å². The lowest BCUT2D eigenvalue weighted by molar-refractivity contribution is 0.278. The van der Waals surface area contributed by atoms with Gasteiger partial charge in [0.1, 0.15) is 35.2 Å². The van der Waals surface area contributed by atoms with E-state index >= 15 is 4.39 Å². The molecule has 10 nitrogen and oxygen atoms in total. The Bertz CT molecular complexity index is 2080. The minimum atomic E-state index is -0.691. The number of rotatable bonds is 6. The maximum atomic E-state index is 16.7. The van der Waals surface area contributed by atoms with Gasteiger partial charge >= 0.3 is 6.01 Å². The summed E-state index contributed by atoms with van der Waals surface area (Å²) in [5.74, 6) is -0.596. The van der Waals surface area contributed by atoms with E-state index in [-0.39, 0.29) is 29.6 Å². The second-order valence-electron chi connectivity index (χ2n) is 11.7. The van der Waals surface area contributed by atoms with E-state index in [1.807, 2.05) is 20.0 Å². The maximum Gasteiger partial charge on any atom is 0.319 e. The van der Waals surface area contributed by atoms with E-state index in [4.69, 9.17) is 9.72 Å².